The summed E-state index contributed by atoms with van der Waals surface area (Å²) in [5.74, 6) is 1.68. The standard InChI is InChI=1S/C27H36F2N2O2SSi/c1-19(32)31-24(14-21-12-22(28)16-23(29)13-21)25(33)17-30-27(9-6-5-7-10-27)26-15-20(18-34-26)8-11-35(2,3)4/h12-13,15-16,18,24-25,30,33H,5-7,9-10,14,17H2,1-4H3,(H,31,32). The van der Waals surface area contributed by atoms with Gasteiger partial charge in [0.1, 0.15) is 19.7 Å². The van der Waals surface area contributed by atoms with Gasteiger partial charge in [-0.05, 0) is 43.0 Å². The molecule has 0 saturated heterocycles. The second-order valence-electron chi connectivity index (χ2n) is 10.6. The van der Waals surface area contributed by atoms with E-state index in [1.54, 1.807) is 11.3 Å². The Bertz CT molecular complexity index is 1060. The highest BCUT2D eigenvalue weighted by Gasteiger charge is 2.36. The van der Waals surface area contributed by atoms with Crippen molar-refractivity contribution in [2.24, 2.45) is 0 Å². The fourth-order valence-corrected chi connectivity index (χ4v) is 6.14. The zero-order valence-corrected chi connectivity index (χ0v) is 22.8. The van der Waals surface area contributed by atoms with E-state index in [1.165, 1.54) is 30.4 Å². The third-order valence-electron chi connectivity index (χ3n) is 6.24. The highest BCUT2D eigenvalue weighted by Crippen LogP contribution is 2.40. The number of halogens is 2. The van der Waals surface area contributed by atoms with Crippen LogP contribution in [0.3, 0.4) is 0 Å². The number of nitrogens with one attached hydrogen (secondary N) is 2. The molecule has 4 nitrogen and oxygen atoms in total. The zero-order chi connectivity index (χ0) is 25.6. The van der Waals surface area contributed by atoms with Crippen LogP contribution < -0.4 is 10.6 Å². The Morgan fingerprint density at radius 1 is 1.14 bits per heavy atom. The van der Waals surface area contributed by atoms with Gasteiger partial charge in [0.2, 0.25) is 5.91 Å². The lowest BCUT2D eigenvalue weighted by atomic mass is 9.80. The van der Waals surface area contributed by atoms with E-state index in [1.807, 2.05) is 0 Å². The summed E-state index contributed by atoms with van der Waals surface area (Å²) in [6.07, 6.45) is 4.47. The van der Waals surface area contributed by atoms with Crippen LogP contribution in [0.1, 0.15) is 55.0 Å². The van der Waals surface area contributed by atoms with Crippen LogP contribution in [-0.4, -0.2) is 37.8 Å². The van der Waals surface area contributed by atoms with Crippen molar-refractivity contribution in [2.45, 2.75) is 82.8 Å². The topological polar surface area (TPSA) is 61.4 Å². The van der Waals surface area contributed by atoms with Crippen molar-refractivity contribution in [3.05, 3.63) is 57.3 Å². The Labute approximate surface area is 212 Å². The summed E-state index contributed by atoms with van der Waals surface area (Å²) in [7, 11) is -1.47. The number of aliphatic hydroxyl groups excluding tert-OH is 1. The van der Waals surface area contributed by atoms with Crippen molar-refractivity contribution in [1.82, 2.24) is 10.6 Å². The fourth-order valence-electron chi connectivity index (χ4n) is 4.55. The van der Waals surface area contributed by atoms with Gasteiger partial charge in [-0.3, -0.25) is 4.79 Å². The van der Waals surface area contributed by atoms with E-state index in [0.29, 0.717) is 5.56 Å². The number of hydrogen-bond acceptors (Lipinski definition) is 4. The number of thiophene rings is 1. The van der Waals surface area contributed by atoms with Gasteiger partial charge >= 0.3 is 0 Å². The summed E-state index contributed by atoms with van der Waals surface area (Å²) in [5, 5.41) is 19.5. The van der Waals surface area contributed by atoms with E-state index in [4.69, 9.17) is 0 Å². The highest BCUT2D eigenvalue weighted by atomic mass is 32.1. The molecule has 1 aliphatic carbocycles. The van der Waals surface area contributed by atoms with Crippen LogP contribution in [0.15, 0.2) is 29.6 Å². The molecule has 0 spiro atoms. The van der Waals surface area contributed by atoms with E-state index in [0.717, 1.165) is 37.3 Å². The molecule has 2 unspecified atom stereocenters. The summed E-state index contributed by atoms with van der Waals surface area (Å²) in [6, 6.07) is 4.77. The Balaban J connectivity index is 1.77. The van der Waals surface area contributed by atoms with Gasteiger partial charge in [0.05, 0.1) is 17.7 Å². The van der Waals surface area contributed by atoms with Crippen molar-refractivity contribution >= 4 is 25.3 Å². The Kier molecular flexibility index (Phi) is 9.27. The lowest BCUT2D eigenvalue weighted by Crippen LogP contribution is -2.52. The van der Waals surface area contributed by atoms with Crippen LogP contribution in [0.4, 0.5) is 8.78 Å². The number of rotatable bonds is 8. The molecule has 1 amide bonds. The van der Waals surface area contributed by atoms with Crippen molar-refractivity contribution in [3.8, 4) is 11.5 Å². The number of aliphatic hydroxyl groups is 1. The first-order valence-electron chi connectivity index (χ1n) is 12.2. The number of carbonyl (C=O) groups excluding carboxylic acids is 1. The molecule has 0 radical (unpaired) electrons. The summed E-state index contributed by atoms with van der Waals surface area (Å²) < 4.78 is 27.4. The number of benzene rings is 1. The average molecular weight is 519 g/mol. The first-order valence-corrected chi connectivity index (χ1v) is 16.6. The maximum atomic E-state index is 13.7. The smallest absolute Gasteiger partial charge is 0.217 e. The molecule has 1 saturated carbocycles. The van der Waals surface area contributed by atoms with Crippen LogP contribution in [0.2, 0.25) is 19.6 Å². The van der Waals surface area contributed by atoms with Crippen molar-refractivity contribution in [1.29, 1.82) is 0 Å². The summed E-state index contributed by atoms with van der Waals surface area (Å²) in [6.45, 7) is 8.29. The van der Waals surface area contributed by atoms with E-state index in [9.17, 15) is 18.7 Å². The molecule has 8 heteroatoms. The number of amides is 1. The van der Waals surface area contributed by atoms with E-state index in [2.05, 4.69) is 53.2 Å². The molecule has 190 valence electrons. The number of carbonyl (C=O) groups is 1. The SMILES string of the molecule is CC(=O)NC(Cc1cc(F)cc(F)c1)C(O)CNC1(c2cc(C#C[Si](C)(C)C)cs2)CCCCC1. The first-order chi connectivity index (χ1) is 16.5. The van der Waals surface area contributed by atoms with Crippen molar-refractivity contribution in [3.63, 3.8) is 0 Å². The summed E-state index contributed by atoms with van der Waals surface area (Å²) >= 11 is 1.70. The normalized spacial score (nSPS) is 17.2. The Hall–Kier alpha value is -2.05. The van der Waals surface area contributed by atoms with Gasteiger partial charge in [0.15, 0.2) is 0 Å². The Morgan fingerprint density at radius 3 is 2.40 bits per heavy atom. The fraction of sp³-hybridized carbons (Fsp3) is 0.519. The van der Waals surface area contributed by atoms with Gasteiger partial charge in [-0.15, -0.1) is 16.9 Å². The molecule has 0 bridgehead atoms. The molecule has 1 fully saturated rings. The molecule has 2 aromatic rings. The minimum Gasteiger partial charge on any atom is -0.390 e. The largest absolute Gasteiger partial charge is 0.390 e. The molecule has 3 N–H and O–H groups in total. The average Bonchev–Trinajstić information content (AvgIpc) is 3.25. The van der Waals surface area contributed by atoms with Gasteiger partial charge in [-0.25, -0.2) is 8.78 Å². The summed E-state index contributed by atoms with van der Waals surface area (Å²) in [5.41, 5.74) is 4.58. The van der Waals surface area contributed by atoms with Crippen LogP contribution in [0.25, 0.3) is 0 Å². The van der Waals surface area contributed by atoms with Gasteiger partial charge in [0.25, 0.3) is 0 Å². The van der Waals surface area contributed by atoms with Crippen molar-refractivity contribution < 1.29 is 18.7 Å². The second kappa shape index (κ2) is 11.8. The predicted octanol–water partition coefficient (Wildman–Crippen LogP) is 5.11. The van der Waals surface area contributed by atoms with Crippen LogP contribution in [-0.2, 0) is 16.8 Å². The van der Waals surface area contributed by atoms with Crippen molar-refractivity contribution in [2.75, 3.05) is 6.54 Å². The molecule has 35 heavy (non-hydrogen) atoms. The van der Waals surface area contributed by atoms with E-state index in [-0.39, 0.29) is 24.4 Å². The second-order valence-corrected chi connectivity index (χ2v) is 16.2. The molecule has 1 aromatic heterocycles. The molecule has 1 heterocycles. The molecule has 1 aromatic carbocycles. The minimum atomic E-state index is -1.47. The maximum absolute atomic E-state index is 13.7. The third kappa shape index (κ3) is 8.25. The van der Waals surface area contributed by atoms with Crippen LogP contribution in [0.5, 0.6) is 0 Å². The zero-order valence-electron chi connectivity index (χ0n) is 21.0. The lowest BCUT2D eigenvalue weighted by Gasteiger charge is -2.39. The molecule has 2 atom stereocenters. The van der Waals surface area contributed by atoms with Gasteiger partial charge in [-0.1, -0.05) is 44.8 Å². The van der Waals surface area contributed by atoms with Crippen LogP contribution >= 0.6 is 11.3 Å². The van der Waals surface area contributed by atoms with Crippen LogP contribution in [0, 0.1) is 23.1 Å². The minimum absolute atomic E-state index is 0.125. The van der Waals surface area contributed by atoms with Gasteiger partial charge < -0.3 is 15.7 Å². The predicted molar refractivity (Wildman–Crippen MR) is 141 cm³/mol. The van der Waals surface area contributed by atoms with E-state index >= 15 is 0 Å². The molecule has 1 aliphatic rings. The summed E-state index contributed by atoms with van der Waals surface area (Å²) in [4.78, 5) is 13.0. The highest BCUT2D eigenvalue weighted by molar-refractivity contribution is 7.10. The first kappa shape index (κ1) is 27.5. The quantitative estimate of drug-likeness (QED) is 0.336. The molecule has 3 rings (SSSR count). The molecular formula is C27H36F2N2O2SSi. The van der Waals surface area contributed by atoms with E-state index < -0.39 is 31.9 Å². The monoisotopic (exact) mass is 518 g/mol. The van der Waals surface area contributed by atoms with Gasteiger partial charge in [0, 0.05) is 35.4 Å². The lowest BCUT2D eigenvalue weighted by molar-refractivity contribution is -0.120. The molecule has 0 aliphatic heterocycles. The van der Waals surface area contributed by atoms with Gasteiger partial charge in [-0.2, -0.15) is 0 Å². The molecular weight excluding hydrogens is 482 g/mol. The number of hydrogen-bond donors (Lipinski definition) is 3. The third-order valence-corrected chi connectivity index (χ3v) is 8.25. The Morgan fingerprint density at radius 2 is 1.80 bits per heavy atom. The maximum Gasteiger partial charge on any atom is 0.217 e.